The van der Waals surface area contributed by atoms with Crippen molar-refractivity contribution in [3.05, 3.63) is 47.4 Å². The monoisotopic (exact) mass is 261 g/mol. The maximum absolute atomic E-state index is 12.0. The molecule has 0 aliphatic rings. The van der Waals surface area contributed by atoms with E-state index in [1.54, 1.807) is 12.3 Å². The van der Waals surface area contributed by atoms with Crippen molar-refractivity contribution in [1.29, 1.82) is 0 Å². The van der Waals surface area contributed by atoms with Crippen LogP contribution in [0, 0.1) is 6.92 Å². The average molecular weight is 261 g/mol. The fourth-order valence-electron chi connectivity index (χ4n) is 1.48. The lowest BCUT2D eigenvalue weighted by Gasteiger charge is -2.01. The van der Waals surface area contributed by atoms with Crippen LogP contribution in [0.4, 0.5) is 0 Å². The molecule has 4 nitrogen and oxygen atoms in total. The fourth-order valence-corrected chi connectivity index (χ4v) is 2.43. The summed E-state index contributed by atoms with van der Waals surface area (Å²) in [5.74, 6) is -0.00268. The van der Waals surface area contributed by atoms with Crippen LogP contribution in [0.15, 0.2) is 36.8 Å². The molecule has 0 N–H and O–H groups in total. The molecule has 0 saturated heterocycles. The summed E-state index contributed by atoms with van der Waals surface area (Å²) in [6.45, 7) is 1.86. The summed E-state index contributed by atoms with van der Waals surface area (Å²) < 4.78 is 1.91. The lowest BCUT2D eigenvalue weighted by atomic mass is 10.3. The first-order valence-electron chi connectivity index (χ1n) is 5.57. The summed E-state index contributed by atoms with van der Waals surface area (Å²) in [6.07, 6.45) is 7.15. The molecule has 2 heterocycles. The second-order valence-corrected chi connectivity index (χ2v) is 5.12. The zero-order chi connectivity index (χ0) is 13.1. The van der Waals surface area contributed by atoms with Crippen LogP contribution in [0.2, 0.25) is 0 Å². The van der Waals surface area contributed by atoms with Crippen LogP contribution in [-0.2, 0) is 0 Å². The molecule has 0 aromatic carbocycles. The topological polar surface area (TPSA) is 38.1 Å². The van der Waals surface area contributed by atoms with E-state index in [1.807, 2.05) is 55.0 Å². The van der Waals surface area contributed by atoms with Crippen LogP contribution >= 0.6 is 11.3 Å². The van der Waals surface area contributed by atoms with Gasteiger partial charge < -0.3 is 9.47 Å². The molecule has 0 unspecified atom stereocenters. The molecule has 0 atom stereocenters. The van der Waals surface area contributed by atoms with Gasteiger partial charge in [0.2, 0.25) is 0 Å². The number of hydrogen-bond donors (Lipinski definition) is 0. The van der Waals surface area contributed by atoms with Gasteiger partial charge in [0, 0.05) is 38.8 Å². The van der Waals surface area contributed by atoms with Gasteiger partial charge in [-0.2, -0.15) is 0 Å². The lowest BCUT2D eigenvalue weighted by Crippen LogP contribution is -2.02. The van der Waals surface area contributed by atoms with Crippen LogP contribution in [-0.4, -0.2) is 34.3 Å². The molecule has 0 radical (unpaired) electrons. The van der Waals surface area contributed by atoms with Gasteiger partial charge in [0.15, 0.2) is 10.9 Å². The van der Waals surface area contributed by atoms with E-state index in [-0.39, 0.29) is 5.78 Å². The van der Waals surface area contributed by atoms with Gasteiger partial charge in [-0.05, 0) is 19.1 Å². The second-order valence-electron chi connectivity index (χ2n) is 4.14. The van der Waals surface area contributed by atoms with Crippen molar-refractivity contribution >= 4 is 17.1 Å². The normalized spacial score (nSPS) is 11.1. The number of aryl methyl sites for hydroxylation is 1. The molecule has 94 valence electrons. The van der Waals surface area contributed by atoms with E-state index in [4.69, 9.17) is 0 Å². The zero-order valence-corrected chi connectivity index (χ0v) is 11.4. The van der Waals surface area contributed by atoms with Gasteiger partial charge in [-0.25, -0.2) is 4.98 Å². The standard InChI is InChI=1S/C13H15N3OS/c1-10-12(11(17)6-9-15(2)3)18-13(14-10)16-7-4-5-8-16/h4-9H,1-3H3. The number of ketones is 1. The number of allylic oxidation sites excluding steroid dienone is 1. The molecule has 0 saturated carbocycles. The van der Waals surface area contributed by atoms with Crippen molar-refractivity contribution < 1.29 is 4.79 Å². The van der Waals surface area contributed by atoms with E-state index in [0.29, 0.717) is 4.88 Å². The van der Waals surface area contributed by atoms with E-state index in [0.717, 1.165) is 10.8 Å². The third kappa shape index (κ3) is 2.68. The smallest absolute Gasteiger partial charge is 0.199 e. The van der Waals surface area contributed by atoms with Crippen molar-refractivity contribution in [2.75, 3.05) is 14.1 Å². The molecule has 18 heavy (non-hydrogen) atoms. The summed E-state index contributed by atoms with van der Waals surface area (Å²) >= 11 is 1.41. The fraction of sp³-hybridized carbons (Fsp3) is 0.231. The van der Waals surface area contributed by atoms with Gasteiger partial charge in [0.1, 0.15) is 0 Å². The summed E-state index contributed by atoms with van der Waals surface area (Å²) in [4.78, 5) is 18.9. The summed E-state index contributed by atoms with van der Waals surface area (Å²) in [7, 11) is 3.77. The highest BCUT2D eigenvalue weighted by molar-refractivity contribution is 7.16. The average Bonchev–Trinajstić information content (AvgIpc) is 2.94. The summed E-state index contributed by atoms with van der Waals surface area (Å²) in [5, 5.41) is 0.819. The number of thiazole rings is 1. The minimum absolute atomic E-state index is 0.00268. The highest BCUT2D eigenvalue weighted by Gasteiger charge is 2.13. The van der Waals surface area contributed by atoms with E-state index in [9.17, 15) is 4.79 Å². The van der Waals surface area contributed by atoms with E-state index >= 15 is 0 Å². The van der Waals surface area contributed by atoms with E-state index in [1.165, 1.54) is 11.3 Å². The maximum atomic E-state index is 12.0. The molecule has 0 spiro atoms. The SMILES string of the molecule is Cc1nc(-n2cccc2)sc1C(=O)C=CN(C)C. The second kappa shape index (κ2) is 5.18. The first kappa shape index (κ1) is 12.6. The summed E-state index contributed by atoms with van der Waals surface area (Å²) in [6, 6.07) is 3.87. The van der Waals surface area contributed by atoms with Crippen molar-refractivity contribution in [3.63, 3.8) is 0 Å². The maximum Gasteiger partial charge on any atom is 0.199 e. The molecular weight excluding hydrogens is 246 g/mol. The highest BCUT2D eigenvalue weighted by atomic mass is 32.1. The van der Waals surface area contributed by atoms with Crippen LogP contribution in [0.5, 0.6) is 0 Å². The summed E-state index contributed by atoms with van der Waals surface area (Å²) in [5.41, 5.74) is 0.775. The third-order valence-corrected chi connectivity index (χ3v) is 3.54. The molecule has 0 aliphatic carbocycles. The predicted molar refractivity (Wildman–Crippen MR) is 73.3 cm³/mol. The molecule has 5 heteroatoms. The minimum Gasteiger partial charge on any atom is -0.383 e. The Morgan fingerprint density at radius 2 is 2.06 bits per heavy atom. The van der Waals surface area contributed by atoms with Crippen LogP contribution in [0.25, 0.3) is 5.13 Å². The number of rotatable bonds is 4. The first-order chi connectivity index (χ1) is 8.58. The third-order valence-electron chi connectivity index (χ3n) is 2.36. The molecule has 0 aliphatic heterocycles. The van der Waals surface area contributed by atoms with Gasteiger partial charge in [-0.1, -0.05) is 11.3 Å². The van der Waals surface area contributed by atoms with Crippen LogP contribution < -0.4 is 0 Å². The highest BCUT2D eigenvalue weighted by Crippen LogP contribution is 2.22. The lowest BCUT2D eigenvalue weighted by molar-refractivity contribution is 0.104. The van der Waals surface area contributed by atoms with Crippen LogP contribution in [0.3, 0.4) is 0 Å². The number of aromatic nitrogens is 2. The van der Waals surface area contributed by atoms with Gasteiger partial charge >= 0.3 is 0 Å². The van der Waals surface area contributed by atoms with Crippen molar-refractivity contribution in [3.8, 4) is 5.13 Å². The Hall–Kier alpha value is -1.88. The molecule has 2 aromatic heterocycles. The molecule has 2 rings (SSSR count). The zero-order valence-electron chi connectivity index (χ0n) is 10.6. The number of nitrogens with zero attached hydrogens (tertiary/aromatic N) is 3. The molecule has 0 amide bonds. The van der Waals surface area contributed by atoms with Gasteiger partial charge in [0.05, 0.1) is 10.6 Å². The van der Waals surface area contributed by atoms with Crippen molar-refractivity contribution in [1.82, 2.24) is 14.5 Å². The van der Waals surface area contributed by atoms with Gasteiger partial charge in [-0.15, -0.1) is 0 Å². The number of carbonyl (C=O) groups is 1. The Morgan fingerprint density at radius 1 is 1.39 bits per heavy atom. The molecule has 2 aromatic rings. The van der Waals surface area contributed by atoms with E-state index < -0.39 is 0 Å². The first-order valence-corrected chi connectivity index (χ1v) is 6.39. The van der Waals surface area contributed by atoms with Crippen molar-refractivity contribution in [2.45, 2.75) is 6.92 Å². The Labute approximate surface area is 110 Å². The van der Waals surface area contributed by atoms with Gasteiger partial charge in [-0.3, -0.25) is 4.79 Å². The molecule has 0 fully saturated rings. The molecule has 0 bridgehead atoms. The Morgan fingerprint density at radius 3 is 2.67 bits per heavy atom. The van der Waals surface area contributed by atoms with Crippen molar-refractivity contribution in [2.24, 2.45) is 0 Å². The number of carbonyl (C=O) groups excluding carboxylic acids is 1. The number of hydrogen-bond acceptors (Lipinski definition) is 4. The minimum atomic E-state index is -0.00268. The van der Waals surface area contributed by atoms with E-state index in [2.05, 4.69) is 4.98 Å². The largest absolute Gasteiger partial charge is 0.383 e. The predicted octanol–water partition coefficient (Wildman–Crippen LogP) is 2.50. The van der Waals surface area contributed by atoms with Crippen LogP contribution in [0.1, 0.15) is 15.4 Å². The molecular formula is C13H15N3OS. The Kier molecular flexibility index (Phi) is 3.62. The quantitative estimate of drug-likeness (QED) is 0.627. The Bertz CT molecular complexity index is 567. The Balaban J connectivity index is 2.27. The van der Waals surface area contributed by atoms with Gasteiger partial charge in [0.25, 0.3) is 0 Å².